The van der Waals surface area contributed by atoms with Gasteiger partial charge in [-0.3, -0.25) is 10.1 Å². The van der Waals surface area contributed by atoms with Crippen molar-refractivity contribution in [3.8, 4) is 5.75 Å². The van der Waals surface area contributed by atoms with Gasteiger partial charge in [0.15, 0.2) is 5.75 Å². The monoisotopic (exact) mass is 265 g/mol. The number of rotatable bonds is 6. The first-order chi connectivity index (χ1) is 9.22. The van der Waals surface area contributed by atoms with Crippen LogP contribution in [0, 0.1) is 10.1 Å². The van der Waals surface area contributed by atoms with Gasteiger partial charge in [-0.15, -0.1) is 0 Å². The lowest BCUT2D eigenvalue weighted by molar-refractivity contribution is -0.384. The number of nitrogens with zero attached hydrogens (tertiary/aromatic N) is 1. The summed E-state index contributed by atoms with van der Waals surface area (Å²) >= 11 is 0. The van der Waals surface area contributed by atoms with E-state index in [1.54, 1.807) is 18.2 Å². The standard InChI is InChI=1S/C13H19N3O3/c1-19-12-6-2-5-11(13(12)16(17)18)15-9-7-10-4-3-8-14-10/h2,5-6,10,14-15H,3-4,7-9H2,1H3. The fourth-order valence-corrected chi connectivity index (χ4v) is 2.40. The summed E-state index contributed by atoms with van der Waals surface area (Å²) in [6, 6.07) is 5.59. The molecule has 1 saturated heterocycles. The number of nitro benzene ring substituents is 1. The zero-order valence-electron chi connectivity index (χ0n) is 11.0. The lowest BCUT2D eigenvalue weighted by atomic mass is 10.1. The molecule has 1 unspecified atom stereocenters. The Morgan fingerprint density at radius 2 is 2.42 bits per heavy atom. The number of anilines is 1. The number of ether oxygens (including phenoxy) is 1. The van der Waals surface area contributed by atoms with Gasteiger partial charge in [0.25, 0.3) is 0 Å². The van der Waals surface area contributed by atoms with E-state index in [0.29, 0.717) is 18.3 Å². The molecule has 0 aromatic heterocycles. The predicted octanol–water partition coefficient (Wildman–Crippen LogP) is 2.16. The Labute approximate surface area is 112 Å². The molecule has 1 aromatic rings. The van der Waals surface area contributed by atoms with Crippen LogP contribution >= 0.6 is 0 Å². The van der Waals surface area contributed by atoms with Gasteiger partial charge in [-0.25, -0.2) is 0 Å². The fourth-order valence-electron chi connectivity index (χ4n) is 2.40. The fraction of sp³-hybridized carbons (Fsp3) is 0.538. The van der Waals surface area contributed by atoms with Crippen LogP contribution in [-0.2, 0) is 0 Å². The molecule has 0 spiro atoms. The van der Waals surface area contributed by atoms with Crippen LogP contribution in [0.15, 0.2) is 18.2 Å². The maximum Gasteiger partial charge on any atom is 0.333 e. The molecule has 0 bridgehead atoms. The average Bonchev–Trinajstić information content (AvgIpc) is 2.91. The summed E-state index contributed by atoms with van der Waals surface area (Å²) in [5.41, 5.74) is 0.520. The molecular weight excluding hydrogens is 246 g/mol. The summed E-state index contributed by atoms with van der Waals surface area (Å²) in [7, 11) is 1.44. The van der Waals surface area contributed by atoms with Crippen molar-refractivity contribution in [1.29, 1.82) is 0 Å². The molecule has 6 nitrogen and oxygen atoms in total. The van der Waals surface area contributed by atoms with Crippen LogP contribution in [-0.4, -0.2) is 31.2 Å². The zero-order valence-corrected chi connectivity index (χ0v) is 11.0. The van der Waals surface area contributed by atoms with Crippen LogP contribution < -0.4 is 15.4 Å². The Hall–Kier alpha value is -1.82. The smallest absolute Gasteiger partial charge is 0.333 e. The summed E-state index contributed by atoms with van der Waals surface area (Å²) in [4.78, 5) is 10.7. The van der Waals surface area contributed by atoms with Crippen molar-refractivity contribution in [2.75, 3.05) is 25.5 Å². The largest absolute Gasteiger partial charge is 0.490 e. The Kier molecular flexibility index (Phi) is 4.57. The maximum atomic E-state index is 11.1. The molecule has 0 saturated carbocycles. The third kappa shape index (κ3) is 3.35. The Bertz CT molecular complexity index is 445. The molecule has 0 amide bonds. The molecule has 2 rings (SSSR count). The van der Waals surface area contributed by atoms with Gasteiger partial charge in [0.2, 0.25) is 0 Å². The number of para-hydroxylation sites is 1. The minimum absolute atomic E-state index is 0.00406. The molecule has 1 heterocycles. The van der Waals surface area contributed by atoms with E-state index in [1.807, 2.05) is 0 Å². The summed E-state index contributed by atoms with van der Waals surface area (Å²) < 4.78 is 5.03. The SMILES string of the molecule is COc1cccc(NCCC2CCCN2)c1[N+](=O)[O-]. The third-order valence-electron chi connectivity index (χ3n) is 3.37. The van der Waals surface area contributed by atoms with Gasteiger partial charge in [-0.05, 0) is 37.9 Å². The van der Waals surface area contributed by atoms with Crippen molar-refractivity contribution in [3.63, 3.8) is 0 Å². The molecule has 19 heavy (non-hydrogen) atoms. The number of hydrogen-bond donors (Lipinski definition) is 2. The molecule has 104 valence electrons. The minimum Gasteiger partial charge on any atom is -0.490 e. The van der Waals surface area contributed by atoms with E-state index in [0.717, 1.165) is 13.0 Å². The van der Waals surface area contributed by atoms with Crippen LogP contribution in [0.1, 0.15) is 19.3 Å². The van der Waals surface area contributed by atoms with Gasteiger partial charge in [0.1, 0.15) is 5.69 Å². The molecular formula is C13H19N3O3. The van der Waals surface area contributed by atoms with Crippen molar-refractivity contribution in [3.05, 3.63) is 28.3 Å². The lowest BCUT2D eigenvalue weighted by Gasteiger charge is -2.12. The van der Waals surface area contributed by atoms with Crippen molar-refractivity contribution in [1.82, 2.24) is 5.32 Å². The second-order valence-corrected chi connectivity index (χ2v) is 4.62. The summed E-state index contributed by atoms with van der Waals surface area (Å²) in [5, 5.41) is 17.6. The number of nitrogens with one attached hydrogen (secondary N) is 2. The van der Waals surface area contributed by atoms with E-state index < -0.39 is 4.92 Å². The quantitative estimate of drug-likeness (QED) is 0.609. The van der Waals surface area contributed by atoms with Gasteiger partial charge in [0, 0.05) is 12.6 Å². The van der Waals surface area contributed by atoms with Gasteiger partial charge < -0.3 is 15.4 Å². The maximum absolute atomic E-state index is 11.1. The highest BCUT2D eigenvalue weighted by Gasteiger charge is 2.20. The Morgan fingerprint density at radius 1 is 1.58 bits per heavy atom. The van der Waals surface area contributed by atoms with E-state index in [9.17, 15) is 10.1 Å². The first-order valence-electron chi connectivity index (χ1n) is 6.51. The normalized spacial score (nSPS) is 18.3. The van der Waals surface area contributed by atoms with Crippen LogP contribution in [0.4, 0.5) is 11.4 Å². The first-order valence-corrected chi connectivity index (χ1v) is 6.51. The second-order valence-electron chi connectivity index (χ2n) is 4.62. The average molecular weight is 265 g/mol. The summed E-state index contributed by atoms with van der Waals surface area (Å²) in [5.74, 6) is 0.286. The van der Waals surface area contributed by atoms with Gasteiger partial charge in [0.05, 0.1) is 12.0 Å². The predicted molar refractivity (Wildman–Crippen MR) is 73.8 cm³/mol. The number of nitro groups is 1. The van der Waals surface area contributed by atoms with Crippen LogP contribution in [0.3, 0.4) is 0 Å². The number of methoxy groups -OCH3 is 1. The van der Waals surface area contributed by atoms with E-state index in [2.05, 4.69) is 10.6 Å². The molecule has 0 aliphatic carbocycles. The first kappa shape index (κ1) is 13.6. The molecule has 1 atom stereocenters. The van der Waals surface area contributed by atoms with Crippen molar-refractivity contribution in [2.24, 2.45) is 0 Å². The van der Waals surface area contributed by atoms with E-state index in [4.69, 9.17) is 4.74 Å². The Balaban J connectivity index is 2.00. The summed E-state index contributed by atoms with van der Waals surface area (Å²) in [6.07, 6.45) is 3.36. The summed E-state index contributed by atoms with van der Waals surface area (Å²) in [6.45, 7) is 1.79. The molecule has 0 radical (unpaired) electrons. The van der Waals surface area contributed by atoms with E-state index >= 15 is 0 Å². The molecule has 1 aliphatic heterocycles. The van der Waals surface area contributed by atoms with Crippen molar-refractivity contribution in [2.45, 2.75) is 25.3 Å². The highest BCUT2D eigenvalue weighted by atomic mass is 16.6. The third-order valence-corrected chi connectivity index (χ3v) is 3.37. The molecule has 1 fully saturated rings. The van der Waals surface area contributed by atoms with Crippen molar-refractivity contribution < 1.29 is 9.66 Å². The second kappa shape index (κ2) is 6.38. The molecule has 1 aliphatic rings. The van der Waals surface area contributed by atoms with Crippen LogP contribution in [0.5, 0.6) is 5.75 Å². The molecule has 2 N–H and O–H groups in total. The van der Waals surface area contributed by atoms with Crippen LogP contribution in [0.2, 0.25) is 0 Å². The minimum atomic E-state index is -0.408. The van der Waals surface area contributed by atoms with Crippen molar-refractivity contribution >= 4 is 11.4 Å². The van der Waals surface area contributed by atoms with Gasteiger partial charge in [-0.2, -0.15) is 0 Å². The molecule has 1 aromatic carbocycles. The van der Waals surface area contributed by atoms with Gasteiger partial charge >= 0.3 is 5.69 Å². The van der Waals surface area contributed by atoms with Gasteiger partial charge in [-0.1, -0.05) is 6.07 Å². The zero-order chi connectivity index (χ0) is 13.7. The van der Waals surface area contributed by atoms with Crippen LogP contribution in [0.25, 0.3) is 0 Å². The number of benzene rings is 1. The number of hydrogen-bond acceptors (Lipinski definition) is 5. The van der Waals surface area contributed by atoms with E-state index in [1.165, 1.54) is 20.0 Å². The highest BCUT2D eigenvalue weighted by molar-refractivity contribution is 5.68. The van der Waals surface area contributed by atoms with E-state index in [-0.39, 0.29) is 11.4 Å². The topological polar surface area (TPSA) is 76.4 Å². The Morgan fingerprint density at radius 3 is 3.05 bits per heavy atom. The highest BCUT2D eigenvalue weighted by Crippen LogP contribution is 2.34. The molecule has 6 heteroatoms. The lowest BCUT2D eigenvalue weighted by Crippen LogP contribution is -2.24.